The molecule has 1 amide bonds. The predicted octanol–water partition coefficient (Wildman–Crippen LogP) is 2.49. The number of fused-ring (bicyclic) bond motifs is 3. The van der Waals surface area contributed by atoms with Gasteiger partial charge in [-0.2, -0.15) is 0 Å². The molecule has 2 fully saturated rings. The van der Waals surface area contributed by atoms with Crippen LogP contribution in [0.1, 0.15) is 24.6 Å². The molecule has 0 aliphatic carbocycles. The molecule has 3 aromatic rings. The molecule has 0 bridgehead atoms. The second kappa shape index (κ2) is 9.68. The number of anilines is 1. The number of aromatic nitrogens is 3. The number of carbonyl (C=O) groups is 1. The zero-order valence-electron chi connectivity index (χ0n) is 21.6. The minimum Gasteiger partial charge on any atom is -0.492 e. The summed E-state index contributed by atoms with van der Waals surface area (Å²) >= 11 is 0. The third kappa shape index (κ3) is 4.48. The maximum Gasteiger partial charge on any atom is 0.222 e. The van der Waals surface area contributed by atoms with Crippen molar-refractivity contribution in [2.45, 2.75) is 31.4 Å². The minimum absolute atomic E-state index is 0.161. The van der Waals surface area contributed by atoms with E-state index in [4.69, 9.17) is 23.9 Å². The minimum atomic E-state index is -0.546. The average molecular weight is 508 g/mol. The van der Waals surface area contributed by atoms with Crippen LogP contribution in [0.4, 0.5) is 5.82 Å². The fraction of sp³-hybridized carbons (Fsp3) is 0.519. The second-order valence-electron chi connectivity index (χ2n) is 10.2. The molecule has 3 aliphatic heterocycles. The molecule has 0 aromatic carbocycles. The maximum atomic E-state index is 11.6. The predicted molar refractivity (Wildman–Crippen MR) is 138 cm³/mol. The van der Waals surface area contributed by atoms with Gasteiger partial charge in [0.1, 0.15) is 23.8 Å². The molecule has 1 spiro atoms. The molecule has 0 saturated carbocycles. The van der Waals surface area contributed by atoms with Crippen LogP contribution < -0.4 is 10.1 Å². The summed E-state index contributed by atoms with van der Waals surface area (Å²) < 4.78 is 25.9. The van der Waals surface area contributed by atoms with Crippen molar-refractivity contribution in [1.82, 2.24) is 19.4 Å². The molecule has 1 atom stereocenters. The Balaban J connectivity index is 1.41. The molecule has 2 saturated heterocycles. The number of carbonyl (C=O) groups excluding carboxylic acids is 1. The van der Waals surface area contributed by atoms with Crippen molar-refractivity contribution in [3.63, 3.8) is 0 Å². The van der Waals surface area contributed by atoms with Crippen molar-refractivity contribution in [3.8, 4) is 17.0 Å². The first-order valence-corrected chi connectivity index (χ1v) is 12.8. The fourth-order valence-corrected chi connectivity index (χ4v) is 5.39. The van der Waals surface area contributed by atoms with Crippen molar-refractivity contribution in [1.29, 1.82) is 0 Å². The number of likely N-dealkylation sites (N-methyl/N-ethyl adjacent to an activating group) is 1. The van der Waals surface area contributed by atoms with Gasteiger partial charge in [0.15, 0.2) is 0 Å². The monoisotopic (exact) mass is 507 g/mol. The number of nitrogens with zero attached hydrogens (tertiary/aromatic N) is 4. The third-order valence-electron chi connectivity index (χ3n) is 7.63. The van der Waals surface area contributed by atoms with Crippen LogP contribution in [0.3, 0.4) is 0 Å². The highest BCUT2D eigenvalue weighted by atomic mass is 16.6. The van der Waals surface area contributed by atoms with Gasteiger partial charge in [-0.15, -0.1) is 0 Å². The highest BCUT2D eigenvalue weighted by Gasteiger charge is 2.44. The molecular weight excluding hydrogens is 474 g/mol. The summed E-state index contributed by atoms with van der Waals surface area (Å²) in [7, 11) is 4.09. The van der Waals surface area contributed by atoms with E-state index in [-0.39, 0.29) is 5.91 Å². The first-order chi connectivity index (χ1) is 17.9. The van der Waals surface area contributed by atoms with Crippen LogP contribution in [0.5, 0.6) is 5.75 Å². The van der Waals surface area contributed by atoms with Gasteiger partial charge in [0, 0.05) is 68.7 Å². The van der Waals surface area contributed by atoms with Crippen molar-refractivity contribution in [2.75, 3.05) is 58.6 Å². The molecule has 6 heterocycles. The van der Waals surface area contributed by atoms with Gasteiger partial charge < -0.3 is 28.8 Å². The highest BCUT2D eigenvalue weighted by Crippen LogP contribution is 2.44. The number of nitrogens with one attached hydrogen (secondary N) is 1. The van der Waals surface area contributed by atoms with E-state index in [0.717, 1.165) is 71.8 Å². The lowest BCUT2D eigenvalue weighted by Gasteiger charge is -2.35. The van der Waals surface area contributed by atoms with Gasteiger partial charge in [-0.3, -0.25) is 9.69 Å². The number of ether oxygens (including phenoxy) is 4. The van der Waals surface area contributed by atoms with Gasteiger partial charge in [-0.05, 0) is 13.1 Å². The standard InChI is InChI=1S/C27H33N5O5/c1-17(33)29-25-10-20-21(13-32(3)23(20)12-28-25)22-11-24(36-9-6-31(2)18-14-35-15-18)19-4-7-37-27(26(19)30-22)5-8-34-16-27/h10-13,18H,4-9,14-16H2,1-3H3,(H,28,29,33). The highest BCUT2D eigenvalue weighted by molar-refractivity contribution is 5.98. The molecule has 1 unspecified atom stereocenters. The van der Waals surface area contributed by atoms with E-state index in [0.29, 0.717) is 38.3 Å². The Bertz CT molecular complexity index is 1330. The Labute approximate surface area is 215 Å². The summed E-state index contributed by atoms with van der Waals surface area (Å²) in [6.07, 6.45) is 5.34. The molecule has 10 heteroatoms. The van der Waals surface area contributed by atoms with Crippen molar-refractivity contribution in [2.24, 2.45) is 7.05 Å². The molecule has 37 heavy (non-hydrogen) atoms. The van der Waals surface area contributed by atoms with E-state index in [1.165, 1.54) is 6.92 Å². The lowest BCUT2D eigenvalue weighted by atomic mass is 9.89. The van der Waals surface area contributed by atoms with Gasteiger partial charge in [0.25, 0.3) is 0 Å². The van der Waals surface area contributed by atoms with Gasteiger partial charge in [0.2, 0.25) is 5.91 Å². The van der Waals surface area contributed by atoms with Crippen LogP contribution in [0.2, 0.25) is 0 Å². The lowest BCUT2D eigenvalue weighted by Crippen LogP contribution is -2.48. The summed E-state index contributed by atoms with van der Waals surface area (Å²) in [5.74, 6) is 1.19. The van der Waals surface area contributed by atoms with Crippen LogP contribution in [-0.2, 0) is 38.1 Å². The Morgan fingerprint density at radius 2 is 2.16 bits per heavy atom. The topological polar surface area (TPSA) is 100.0 Å². The Kier molecular flexibility index (Phi) is 6.36. The van der Waals surface area contributed by atoms with E-state index < -0.39 is 5.60 Å². The second-order valence-corrected chi connectivity index (χ2v) is 10.2. The van der Waals surface area contributed by atoms with Crippen LogP contribution in [0.15, 0.2) is 24.5 Å². The van der Waals surface area contributed by atoms with Crippen LogP contribution >= 0.6 is 0 Å². The Morgan fingerprint density at radius 3 is 2.89 bits per heavy atom. The summed E-state index contributed by atoms with van der Waals surface area (Å²) in [6.45, 7) is 6.17. The smallest absolute Gasteiger partial charge is 0.222 e. The number of aryl methyl sites for hydroxylation is 1. The zero-order valence-corrected chi connectivity index (χ0v) is 21.6. The van der Waals surface area contributed by atoms with Gasteiger partial charge in [-0.25, -0.2) is 9.97 Å². The third-order valence-corrected chi connectivity index (χ3v) is 7.63. The maximum absolute atomic E-state index is 11.6. The largest absolute Gasteiger partial charge is 0.492 e. The lowest BCUT2D eigenvalue weighted by molar-refractivity contribution is -0.114. The normalized spacial score (nSPS) is 21.4. The number of hydrogen-bond donors (Lipinski definition) is 1. The van der Waals surface area contributed by atoms with Crippen LogP contribution in [-0.4, -0.2) is 84.6 Å². The van der Waals surface area contributed by atoms with Gasteiger partial charge in [-0.1, -0.05) is 0 Å². The quantitative estimate of drug-likeness (QED) is 0.521. The van der Waals surface area contributed by atoms with Gasteiger partial charge >= 0.3 is 0 Å². The van der Waals surface area contributed by atoms with Crippen molar-refractivity contribution >= 4 is 22.6 Å². The number of hydrogen-bond acceptors (Lipinski definition) is 8. The number of rotatable bonds is 7. The molecule has 196 valence electrons. The van der Waals surface area contributed by atoms with E-state index in [2.05, 4.69) is 22.2 Å². The first-order valence-electron chi connectivity index (χ1n) is 12.8. The molecule has 1 N–H and O–H groups in total. The average Bonchev–Trinajstić information content (AvgIpc) is 3.43. The fourth-order valence-electron chi connectivity index (χ4n) is 5.39. The van der Waals surface area contributed by atoms with E-state index in [9.17, 15) is 4.79 Å². The zero-order chi connectivity index (χ0) is 25.6. The Morgan fingerprint density at radius 1 is 1.30 bits per heavy atom. The van der Waals surface area contributed by atoms with E-state index in [1.54, 1.807) is 6.20 Å². The molecular formula is C27H33N5O5. The molecule has 0 radical (unpaired) electrons. The SMILES string of the molecule is CC(=O)Nc1cc2c(-c3cc(OCCN(C)C4COC4)c4c(n3)C3(CCOC3)OCC4)cn(C)c2cn1. The summed E-state index contributed by atoms with van der Waals surface area (Å²) in [4.78, 5) is 23.5. The number of pyridine rings is 2. The molecule has 6 rings (SSSR count). The summed E-state index contributed by atoms with van der Waals surface area (Å²) in [5, 5.41) is 3.74. The van der Waals surface area contributed by atoms with Crippen LogP contribution in [0, 0.1) is 0 Å². The van der Waals surface area contributed by atoms with E-state index >= 15 is 0 Å². The Hall–Kier alpha value is -3.05. The molecule has 3 aliphatic rings. The van der Waals surface area contributed by atoms with Crippen molar-refractivity contribution in [3.05, 3.63) is 35.8 Å². The molecule has 10 nitrogen and oxygen atoms in total. The van der Waals surface area contributed by atoms with Crippen molar-refractivity contribution < 1.29 is 23.7 Å². The van der Waals surface area contributed by atoms with E-state index in [1.807, 2.05) is 29.9 Å². The van der Waals surface area contributed by atoms with Crippen LogP contribution in [0.25, 0.3) is 22.2 Å². The number of amides is 1. The van der Waals surface area contributed by atoms with Gasteiger partial charge in [0.05, 0.1) is 55.6 Å². The first kappa shape index (κ1) is 24.3. The molecule has 3 aromatic heterocycles. The summed E-state index contributed by atoms with van der Waals surface area (Å²) in [6, 6.07) is 4.40. The summed E-state index contributed by atoms with van der Waals surface area (Å²) in [5.41, 5.74) is 4.17.